The maximum absolute atomic E-state index is 13.7. The number of rotatable bonds is 6. The van der Waals surface area contributed by atoms with Crippen LogP contribution in [0, 0.1) is 24.7 Å². The Labute approximate surface area is 234 Å². The van der Waals surface area contributed by atoms with Gasteiger partial charge >= 0.3 is 5.97 Å². The summed E-state index contributed by atoms with van der Waals surface area (Å²) in [6.45, 7) is 1.90. The Hall–Kier alpha value is -3.90. The number of aryl methyl sites for hydroxylation is 1. The van der Waals surface area contributed by atoms with E-state index in [0.29, 0.717) is 22.6 Å². The van der Waals surface area contributed by atoms with E-state index in [1.54, 1.807) is 30.5 Å². The van der Waals surface area contributed by atoms with Crippen LogP contribution in [-0.4, -0.2) is 49.4 Å². The molecule has 0 aliphatic heterocycles. The van der Waals surface area contributed by atoms with Gasteiger partial charge in [-0.25, -0.2) is 32.3 Å². The first-order valence-corrected chi connectivity index (χ1v) is 15.5. The van der Waals surface area contributed by atoms with E-state index in [9.17, 15) is 18.3 Å². The fourth-order valence-corrected chi connectivity index (χ4v) is 8.47. The Morgan fingerprint density at radius 3 is 2.55 bits per heavy atom. The van der Waals surface area contributed by atoms with Crippen LogP contribution in [0.15, 0.2) is 59.3 Å². The molecule has 3 saturated carbocycles. The first-order chi connectivity index (χ1) is 19.3. The van der Waals surface area contributed by atoms with Gasteiger partial charge in [0.15, 0.2) is 11.5 Å². The summed E-state index contributed by atoms with van der Waals surface area (Å²) in [7, 11) is -3.96. The summed E-state index contributed by atoms with van der Waals surface area (Å²) in [6, 6.07) is 8.35. The van der Waals surface area contributed by atoms with Crippen LogP contribution in [0.5, 0.6) is 0 Å². The SMILES string of the molecule is Cc1ccc(S(=O)(=O)n2cc(-c3nc(NC4C5CCC(CC5)C4C(=O)O)c4ccsc4n3)c3cncnc32)cc1. The molecule has 2 unspecified atom stereocenters. The summed E-state index contributed by atoms with van der Waals surface area (Å²) in [6.07, 6.45) is 8.25. The predicted octanol–water partition coefficient (Wildman–Crippen LogP) is 4.95. The number of benzene rings is 1. The fraction of sp³-hybridized carbons (Fsp3) is 0.321. The van der Waals surface area contributed by atoms with Gasteiger partial charge in [0.2, 0.25) is 0 Å². The molecule has 40 heavy (non-hydrogen) atoms. The third kappa shape index (κ3) is 3.96. The number of nitrogens with one attached hydrogen (secondary N) is 1. The van der Waals surface area contributed by atoms with Gasteiger partial charge in [-0.2, -0.15) is 0 Å². The molecule has 5 aromatic rings. The molecule has 3 fully saturated rings. The van der Waals surface area contributed by atoms with E-state index in [4.69, 9.17) is 9.97 Å². The molecular formula is C28H26N6O4S2. The summed E-state index contributed by atoms with van der Waals surface area (Å²) < 4.78 is 28.5. The van der Waals surface area contributed by atoms with Gasteiger partial charge in [0, 0.05) is 29.4 Å². The number of carbonyl (C=O) groups is 1. The molecule has 4 aromatic heterocycles. The third-order valence-electron chi connectivity index (χ3n) is 8.39. The van der Waals surface area contributed by atoms with Gasteiger partial charge < -0.3 is 10.4 Å². The second kappa shape index (κ2) is 9.34. The third-order valence-corrected chi connectivity index (χ3v) is 10.9. The van der Waals surface area contributed by atoms with E-state index in [1.807, 2.05) is 18.4 Å². The Bertz CT molecular complexity index is 1870. The van der Waals surface area contributed by atoms with Crippen molar-refractivity contribution in [3.8, 4) is 11.4 Å². The minimum absolute atomic E-state index is 0.143. The van der Waals surface area contributed by atoms with E-state index >= 15 is 0 Å². The second-order valence-corrected chi connectivity index (χ2v) is 13.4. The van der Waals surface area contributed by atoms with Crippen LogP contribution in [0.1, 0.15) is 31.2 Å². The highest BCUT2D eigenvalue weighted by molar-refractivity contribution is 7.90. The molecule has 2 atom stereocenters. The molecule has 12 heteroatoms. The van der Waals surface area contributed by atoms with Crippen LogP contribution >= 0.6 is 11.3 Å². The molecule has 0 radical (unpaired) electrons. The van der Waals surface area contributed by atoms with Gasteiger partial charge in [0.05, 0.1) is 16.2 Å². The van der Waals surface area contributed by atoms with Crippen molar-refractivity contribution in [3.63, 3.8) is 0 Å². The maximum Gasteiger partial charge on any atom is 0.308 e. The van der Waals surface area contributed by atoms with Crippen molar-refractivity contribution in [3.05, 3.63) is 60.0 Å². The molecule has 3 aliphatic carbocycles. The summed E-state index contributed by atoms with van der Waals surface area (Å²) in [5.41, 5.74) is 1.66. The Balaban J connectivity index is 1.36. The summed E-state index contributed by atoms with van der Waals surface area (Å²) >= 11 is 1.45. The molecule has 8 rings (SSSR count). The average molecular weight is 575 g/mol. The highest BCUT2D eigenvalue weighted by atomic mass is 32.2. The Morgan fingerprint density at radius 2 is 1.80 bits per heavy atom. The lowest BCUT2D eigenvalue weighted by Crippen LogP contribution is -2.51. The van der Waals surface area contributed by atoms with Gasteiger partial charge in [0.1, 0.15) is 17.0 Å². The van der Waals surface area contributed by atoms with Crippen LogP contribution in [0.25, 0.3) is 32.6 Å². The lowest BCUT2D eigenvalue weighted by Gasteiger charge is -2.47. The van der Waals surface area contributed by atoms with Crippen molar-refractivity contribution in [2.24, 2.45) is 17.8 Å². The number of carboxylic acids is 1. The van der Waals surface area contributed by atoms with Gasteiger partial charge in [0.25, 0.3) is 10.0 Å². The van der Waals surface area contributed by atoms with Crippen LogP contribution in [-0.2, 0) is 14.8 Å². The van der Waals surface area contributed by atoms with E-state index in [0.717, 1.165) is 45.4 Å². The van der Waals surface area contributed by atoms with Crippen LogP contribution in [0.4, 0.5) is 5.82 Å². The number of anilines is 1. The molecule has 3 aliphatic rings. The van der Waals surface area contributed by atoms with Crippen molar-refractivity contribution in [2.45, 2.75) is 43.5 Å². The van der Waals surface area contributed by atoms with Crippen molar-refractivity contribution in [1.82, 2.24) is 23.9 Å². The summed E-state index contributed by atoms with van der Waals surface area (Å²) in [5.74, 6) is 0.0422. The average Bonchev–Trinajstić information content (AvgIpc) is 3.59. The Kier molecular flexibility index (Phi) is 5.86. The van der Waals surface area contributed by atoms with E-state index < -0.39 is 21.9 Å². The minimum atomic E-state index is -3.96. The predicted molar refractivity (Wildman–Crippen MR) is 152 cm³/mol. The number of hydrogen-bond donors (Lipinski definition) is 2. The zero-order valence-electron chi connectivity index (χ0n) is 21.6. The lowest BCUT2D eigenvalue weighted by molar-refractivity contribution is -0.148. The molecule has 10 nitrogen and oxygen atoms in total. The highest BCUT2D eigenvalue weighted by Gasteiger charge is 2.47. The Morgan fingerprint density at radius 1 is 1.05 bits per heavy atom. The van der Waals surface area contributed by atoms with Crippen LogP contribution in [0.2, 0.25) is 0 Å². The van der Waals surface area contributed by atoms with Gasteiger partial charge in [-0.05, 0) is 68.0 Å². The number of carboxylic acid groups (broad SMARTS) is 1. The topological polar surface area (TPSA) is 140 Å². The number of hydrogen-bond acceptors (Lipinski definition) is 9. The number of fused-ring (bicyclic) bond motifs is 5. The molecule has 0 saturated heterocycles. The van der Waals surface area contributed by atoms with Crippen molar-refractivity contribution in [2.75, 3.05) is 5.32 Å². The maximum atomic E-state index is 13.7. The smallest absolute Gasteiger partial charge is 0.308 e. The quantitative estimate of drug-likeness (QED) is 0.288. The van der Waals surface area contributed by atoms with Crippen molar-refractivity contribution < 1.29 is 18.3 Å². The summed E-state index contributed by atoms with van der Waals surface area (Å²) in [4.78, 5) is 31.2. The van der Waals surface area contributed by atoms with Crippen LogP contribution < -0.4 is 5.32 Å². The second-order valence-electron chi connectivity index (χ2n) is 10.7. The van der Waals surface area contributed by atoms with Gasteiger partial charge in [-0.3, -0.25) is 4.79 Å². The van der Waals surface area contributed by atoms with Gasteiger partial charge in [-0.15, -0.1) is 11.3 Å². The molecule has 1 aromatic carbocycles. The molecule has 2 bridgehead atoms. The number of aromatic nitrogens is 5. The normalized spacial score (nSPS) is 22.6. The number of thiophene rings is 1. The molecule has 4 heterocycles. The molecule has 0 spiro atoms. The monoisotopic (exact) mass is 574 g/mol. The molecule has 2 N–H and O–H groups in total. The fourth-order valence-electron chi connectivity index (χ4n) is 6.38. The first-order valence-electron chi connectivity index (χ1n) is 13.2. The molecule has 204 valence electrons. The lowest BCUT2D eigenvalue weighted by atomic mass is 9.61. The first kappa shape index (κ1) is 25.1. The van der Waals surface area contributed by atoms with Crippen molar-refractivity contribution >= 4 is 54.4 Å². The van der Waals surface area contributed by atoms with E-state index in [2.05, 4.69) is 15.3 Å². The largest absolute Gasteiger partial charge is 0.481 e. The highest BCUT2D eigenvalue weighted by Crippen LogP contribution is 2.47. The number of aliphatic carboxylic acids is 1. The standard InChI is InChI=1S/C28H26N6O4S2/c1-15-2-8-18(9-3-15)40(37,38)34-13-21(20-12-29-14-30-26(20)34)25-32-24(19-10-11-39-27(19)33-25)31-23-17-6-4-16(5-7-17)22(23)28(35)36/h2-3,8-14,16-17,22-23H,4-7H2,1H3,(H,35,36)(H,31,32,33). The summed E-state index contributed by atoms with van der Waals surface area (Å²) in [5, 5.41) is 16.8. The van der Waals surface area contributed by atoms with Crippen LogP contribution in [0.3, 0.4) is 0 Å². The zero-order valence-corrected chi connectivity index (χ0v) is 23.2. The van der Waals surface area contributed by atoms with Gasteiger partial charge in [-0.1, -0.05) is 17.7 Å². The van der Waals surface area contributed by atoms with E-state index in [1.165, 1.54) is 23.9 Å². The van der Waals surface area contributed by atoms with E-state index in [-0.39, 0.29) is 28.4 Å². The molecule has 0 amide bonds. The van der Waals surface area contributed by atoms with Crippen molar-refractivity contribution in [1.29, 1.82) is 0 Å². The minimum Gasteiger partial charge on any atom is -0.481 e. The number of nitrogens with zero attached hydrogens (tertiary/aromatic N) is 5. The zero-order chi connectivity index (χ0) is 27.6. The molecular weight excluding hydrogens is 548 g/mol.